The number of aromatic nitrogens is 4. The van der Waals surface area contributed by atoms with Crippen molar-refractivity contribution in [3.05, 3.63) is 46.1 Å². The highest BCUT2D eigenvalue weighted by molar-refractivity contribution is 7.91. The van der Waals surface area contributed by atoms with Gasteiger partial charge in [-0.1, -0.05) is 30.1 Å². The van der Waals surface area contributed by atoms with Gasteiger partial charge in [-0.05, 0) is 24.3 Å². The third-order valence-electron chi connectivity index (χ3n) is 4.15. The molecular weight excluding hydrogens is 452 g/mol. The van der Waals surface area contributed by atoms with Gasteiger partial charge in [0.25, 0.3) is 0 Å². The summed E-state index contributed by atoms with van der Waals surface area (Å²) in [6.45, 7) is 1.33. The molecule has 0 aliphatic carbocycles. The molecule has 6 nitrogen and oxygen atoms in total. The Morgan fingerprint density at radius 2 is 1.76 bits per heavy atom. The standard InChI is InChI=1S/C17H13Cl2F3N4O2S/c1-3-29(27,28)13-6-9(17(20,21)22)8-23-14(13)16-25-24-15(26(16)2)11-5-4-10(18)7-12(11)19/h4-8H,3H2,1-2H3. The normalized spacial score (nSPS) is 12.4. The molecule has 12 heteroatoms. The molecule has 0 aliphatic heterocycles. The van der Waals surface area contributed by atoms with Gasteiger partial charge in [-0.15, -0.1) is 10.2 Å². The fourth-order valence-electron chi connectivity index (χ4n) is 2.60. The van der Waals surface area contributed by atoms with Crippen LogP contribution in [-0.4, -0.2) is 33.9 Å². The Labute approximate surface area is 174 Å². The van der Waals surface area contributed by atoms with Crippen LogP contribution in [-0.2, 0) is 23.1 Å². The molecule has 0 saturated heterocycles. The van der Waals surface area contributed by atoms with Gasteiger partial charge in [0, 0.05) is 23.8 Å². The molecule has 0 bridgehead atoms. The van der Waals surface area contributed by atoms with Crippen LogP contribution in [0, 0.1) is 0 Å². The highest BCUT2D eigenvalue weighted by atomic mass is 35.5. The maximum atomic E-state index is 13.1. The Balaban J connectivity index is 2.23. The number of rotatable bonds is 4. The molecule has 3 rings (SSSR count). The molecule has 0 N–H and O–H groups in total. The van der Waals surface area contributed by atoms with E-state index < -0.39 is 32.2 Å². The minimum Gasteiger partial charge on any atom is -0.309 e. The van der Waals surface area contributed by atoms with E-state index in [2.05, 4.69) is 15.2 Å². The van der Waals surface area contributed by atoms with Crippen molar-refractivity contribution in [1.82, 2.24) is 19.7 Å². The smallest absolute Gasteiger partial charge is 0.309 e. The third-order valence-corrected chi connectivity index (χ3v) is 6.44. The number of nitrogens with zero attached hydrogens (tertiary/aromatic N) is 4. The van der Waals surface area contributed by atoms with Crippen LogP contribution >= 0.6 is 23.2 Å². The summed E-state index contributed by atoms with van der Waals surface area (Å²) in [7, 11) is -2.51. The van der Waals surface area contributed by atoms with Crippen LogP contribution in [0.3, 0.4) is 0 Å². The van der Waals surface area contributed by atoms with Crippen LogP contribution in [0.4, 0.5) is 13.2 Å². The molecule has 2 heterocycles. The predicted octanol–water partition coefficient (Wildman–Crippen LogP) is 4.66. The molecule has 29 heavy (non-hydrogen) atoms. The molecule has 154 valence electrons. The van der Waals surface area contributed by atoms with Crippen LogP contribution in [0.1, 0.15) is 12.5 Å². The zero-order chi connectivity index (χ0) is 21.6. The summed E-state index contributed by atoms with van der Waals surface area (Å²) in [4.78, 5) is 3.19. The third kappa shape index (κ3) is 4.10. The van der Waals surface area contributed by atoms with E-state index in [4.69, 9.17) is 23.2 Å². The molecule has 2 aromatic heterocycles. The van der Waals surface area contributed by atoms with Crippen molar-refractivity contribution in [2.24, 2.45) is 7.05 Å². The number of sulfone groups is 1. The lowest BCUT2D eigenvalue weighted by atomic mass is 10.2. The molecule has 0 aliphatic rings. The molecule has 3 aromatic rings. The van der Waals surface area contributed by atoms with E-state index in [9.17, 15) is 21.6 Å². The summed E-state index contributed by atoms with van der Waals surface area (Å²) in [5, 5.41) is 8.62. The lowest BCUT2D eigenvalue weighted by Crippen LogP contribution is -2.13. The summed E-state index contributed by atoms with van der Waals surface area (Å²) in [6, 6.07) is 5.24. The molecule has 0 radical (unpaired) electrons. The van der Waals surface area contributed by atoms with Gasteiger partial charge in [-0.25, -0.2) is 8.42 Å². The van der Waals surface area contributed by atoms with E-state index in [0.717, 1.165) is 0 Å². The Kier molecular flexibility index (Phi) is 5.63. The number of hydrogen-bond donors (Lipinski definition) is 0. The van der Waals surface area contributed by atoms with Crippen molar-refractivity contribution in [3.63, 3.8) is 0 Å². The molecule has 0 amide bonds. The van der Waals surface area contributed by atoms with Gasteiger partial charge in [-0.3, -0.25) is 4.98 Å². The molecule has 0 fully saturated rings. The SMILES string of the molecule is CCS(=O)(=O)c1cc(C(F)(F)F)cnc1-c1nnc(-c2ccc(Cl)cc2Cl)n1C. The first-order valence-electron chi connectivity index (χ1n) is 8.11. The molecule has 1 aromatic carbocycles. The fourth-order valence-corrected chi connectivity index (χ4v) is 4.15. The van der Waals surface area contributed by atoms with Gasteiger partial charge in [0.15, 0.2) is 21.5 Å². The predicted molar refractivity (Wildman–Crippen MR) is 102 cm³/mol. The molecular formula is C17H13Cl2F3N4O2S. The van der Waals surface area contributed by atoms with E-state index in [1.807, 2.05) is 0 Å². The number of benzene rings is 1. The van der Waals surface area contributed by atoms with Gasteiger partial charge in [-0.2, -0.15) is 13.2 Å². The van der Waals surface area contributed by atoms with Gasteiger partial charge in [0.1, 0.15) is 5.69 Å². The van der Waals surface area contributed by atoms with Gasteiger partial charge in [0.2, 0.25) is 0 Å². The van der Waals surface area contributed by atoms with E-state index in [0.29, 0.717) is 22.8 Å². The summed E-state index contributed by atoms with van der Waals surface area (Å²) in [5.74, 6) is -0.161. The highest BCUT2D eigenvalue weighted by Crippen LogP contribution is 2.35. The number of hydrogen-bond acceptors (Lipinski definition) is 5. The van der Waals surface area contributed by atoms with E-state index in [-0.39, 0.29) is 22.4 Å². The van der Waals surface area contributed by atoms with Crippen LogP contribution in [0.5, 0.6) is 0 Å². The summed E-state index contributed by atoms with van der Waals surface area (Å²) in [6.07, 6.45) is -4.18. The quantitative estimate of drug-likeness (QED) is 0.560. The van der Waals surface area contributed by atoms with Crippen molar-refractivity contribution in [3.8, 4) is 22.9 Å². The zero-order valence-electron chi connectivity index (χ0n) is 15.0. The molecule has 0 saturated carbocycles. The maximum Gasteiger partial charge on any atom is 0.417 e. The lowest BCUT2D eigenvalue weighted by Gasteiger charge is -2.12. The first-order valence-corrected chi connectivity index (χ1v) is 10.5. The molecule has 0 atom stereocenters. The Hall–Kier alpha value is -2.17. The second-order valence-corrected chi connectivity index (χ2v) is 9.09. The Morgan fingerprint density at radius 1 is 1.10 bits per heavy atom. The van der Waals surface area contributed by atoms with Crippen molar-refractivity contribution >= 4 is 33.0 Å². The fraction of sp³-hybridized carbons (Fsp3) is 0.235. The second-order valence-electron chi connectivity index (χ2n) is 6.00. The average Bonchev–Trinajstić information content (AvgIpc) is 3.01. The second kappa shape index (κ2) is 7.58. The number of halogens is 5. The van der Waals surface area contributed by atoms with E-state index >= 15 is 0 Å². The summed E-state index contributed by atoms with van der Waals surface area (Å²) < 4.78 is 65.6. The van der Waals surface area contributed by atoms with E-state index in [1.54, 1.807) is 12.1 Å². The minimum atomic E-state index is -4.74. The van der Waals surface area contributed by atoms with E-state index in [1.165, 1.54) is 24.6 Å². The van der Waals surface area contributed by atoms with Crippen LogP contribution < -0.4 is 0 Å². The largest absolute Gasteiger partial charge is 0.417 e. The zero-order valence-corrected chi connectivity index (χ0v) is 17.3. The Morgan fingerprint density at radius 3 is 2.34 bits per heavy atom. The first-order chi connectivity index (χ1) is 13.5. The van der Waals surface area contributed by atoms with Crippen molar-refractivity contribution in [1.29, 1.82) is 0 Å². The minimum absolute atomic E-state index is 0.0215. The van der Waals surface area contributed by atoms with Crippen molar-refractivity contribution in [2.45, 2.75) is 18.0 Å². The van der Waals surface area contributed by atoms with Crippen molar-refractivity contribution < 1.29 is 21.6 Å². The lowest BCUT2D eigenvalue weighted by molar-refractivity contribution is -0.138. The van der Waals surface area contributed by atoms with Crippen LogP contribution in [0.2, 0.25) is 10.0 Å². The topological polar surface area (TPSA) is 77.7 Å². The van der Waals surface area contributed by atoms with Gasteiger partial charge >= 0.3 is 6.18 Å². The molecule has 0 spiro atoms. The monoisotopic (exact) mass is 464 g/mol. The average molecular weight is 465 g/mol. The molecule has 0 unspecified atom stereocenters. The van der Waals surface area contributed by atoms with Crippen LogP contribution in [0.15, 0.2) is 35.4 Å². The number of pyridine rings is 1. The van der Waals surface area contributed by atoms with Gasteiger partial charge < -0.3 is 4.57 Å². The van der Waals surface area contributed by atoms with Crippen molar-refractivity contribution in [2.75, 3.05) is 5.75 Å². The summed E-state index contributed by atoms with van der Waals surface area (Å²) in [5.41, 5.74) is -0.938. The van der Waals surface area contributed by atoms with Crippen LogP contribution in [0.25, 0.3) is 22.9 Å². The first kappa shape index (κ1) is 21.5. The summed E-state index contributed by atoms with van der Waals surface area (Å²) >= 11 is 12.1. The maximum absolute atomic E-state index is 13.1. The van der Waals surface area contributed by atoms with Gasteiger partial charge in [0.05, 0.1) is 21.2 Å². The Bertz CT molecular complexity index is 1190. The highest BCUT2D eigenvalue weighted by Gasteiger charge is 2.34. The number of alkyl halides is 3.